The fourth-order valence-corrected chi connectivity index (χ4v) is 6.35. The van der Waals surface area contributed by atoms with E-state index in [4.69, 9.17) is 4.84 Å². The molecule has 0 aromatic rings. The molecule has 0 aliphatic carbocycles. The molecule has 0 radical (unpaired) electrons. The van der Waals surface area contributed by atoms with Crippen LogP contribution in [0.25, 0.3) is 0 Å². The summed E-state index contributed by atoms with van der Waals surface area (Å²) in [5, 5.41) is 4.49. The molecule has 0 bridgehead atoms. The van der Waals surface area contributed by atoms with Crippen LogP contribution < -0.4 is 5.32 Å². The molecule has 1 atom stereocenters. The van der Waals surface area contributed by atoms with Crippen LogP contribution >= 0.6 is 0 Å². The Morgan fingerprint density at radius 3 is 2.05 bits per heavy atom. The molecule has 1 unspecified atom stereocenters. The van der Waals surface area contributed by atoms with Gasteiger partial charge in [-0.15, -0.1) is 0 Å². The summed E-state index contributed by atoms with van der Waals surface area (Å²) in [6, 6.07) is 0.198. The fourth-order valence-electron chi connectivity index (χ4n) is 6.35. The summed E-state index contributed by atoms with van der Waals surface area (Å²) in [5.41, 5.74) is 0. The van der Waals surface area contributed by atoms with E-state index in [1.54, 1.807) is 0 Å². The Bertz CT molecular complexity index is 707. The zero-order valence-electron chi connectivity index (χ0n) is 27.1. The van der Waals surface area contributed by atoms with Gasteiger partial charge in [-0.1, -0.05) is 103 Å². The van der Waals surface area contributed by atoms with E-state index in [0.717, 1.165) is 64.6 Å². The lowest BCUT2D eigenvalue weighted by atomic mass is 10.00. The number of piperidine rings is 1. The molecule has 2 fully saturated rings. The predicted octanol–water partition coefficient (Wildman–Crippen LogP) is 7.60. The second-order valence-corrected chi connectivity index (χ2v) is 12.6. The Kier molecular flexibility index (Phi) is 21.3. The van der Waals surface area contributed by atoms with E-state index < -0.39 is 0 Å². The first-order valence-electron chi connectivity index (χ1n) is 17.8. The Morgan fingerprint density at radius 1 is 0.857 bits per heavy atom. The zero-order valence-corrected chi connectivity index (χ0v) is 27.1. The van der Waals surface area contributed by atoms with Gasteiger partial charge < -0.3 is 15.1 Å². The maximum Gasteiger partial charge on any atom is 0.317 e. The average Bonchev–Trinajstić information content (AvgIpc) is 3.42. The Labute approximate surface area is 257 Å². The highest BCUT2D eigenvalue weighted by atomic mass is 16.7. The van der Waals surface area contributed by atoms with E-state index in [9.17, 15) is 14.4 Å². The minimum Gasteiger partial charge on any atom is -0.343 e. The number of amides is 4. The second-order valence-electron chi connectivity index (χ2n) is 12.6. The first kappa shape index (κ1) is 36.4. The van der Waals surface area contributed by atoms with Crippen LogP contribution in [-0.2, 0) is 14.4 Å². The lowest BCUT2D eigenvalue weighted by Crippen LogP contribution is -2.49. The molecule has 2 aliphatic rings. The lowest BCUT2D eigenvalue weighted by molar-refractivity contribution is -0.174. The molecule has 0 saturated carbocycles. The quantitative estimate of drug-likeness (QED) is 0.0637. The standard InChI is InChI=1S/C34H64N4O4/c1-2-3-4-5-6-7-8-9-10-11-12-13-14-15-16-18-25-35-34(41)38-29-19-17-22-32(38)24-30-42-37(31-39)28-21-27-36-26-20-23-33(36)40/h31-32H,2-30H2,1H3,(H,35,41). The van der Waals surface area contributed by atoms with Crippen molar-refractivity contribution in [2.45, 2.75) is 161 Å². The molecular formula is C34H64N4O4. The molecule has 8 nitrogen and oxygen atoms in total. The summed E-state index contributed by atoms with van der Waals surface area (Å²) < 4.78 is 0. The van der Waals surface area contributed by atoms with E-state index in [0.29, 0.717) is 32.5 Å². The van der Waals surface area contributed by atoms with Gasteiger partial charge in [-0.25, -0.2) is 9.86 Å². The van der Waals surface area contributed by atoms with Crippen LogP contribution in [-0.4, -0.2) is 78.6 Å². The van der Waals surface area contributed by atoms with Crippen LogP contribution in [0.1, 0.15) is 155 Å². The first-order valence-corrected chi connectivity index (χ1v) is 17.8. The fraction of sp³-hybridized carbons (Fsp3) is 0.912. The third kappa shape index (κ3) is 16.7. The summed E-state index contributed by atoms with van der Waals surface area (Å²) in [6.07, 6.45) is 28.5. The molecule has 2 saturated heterocycles. The number of hydrogen-bond donors (Lipinski definition) is 1. The molecule has 2 heterocycles. The van der Waals surface area contributed by atoms with Crippen molar-refractivity contribution in [1.29, 1.82) is 0 Å². The van der Waals surface area contributed by atoms with Gasteiger partial charge >= 0.3 is 6.03 Å². The van der Waals surface area contributed by atoms with Crippen molar-refractivity contribution in [3.05, 3.63) is 0 Å². The number of likely N-dealkylation sites (tertiary alicyclic amines) is 2. The van der Waals surface area contributed by atoms with Crippen LogP contribution in [0, 0.1) is 0 Å². The summed E-state index contributed by atoms with van der Waals surface area (Å²) >= 11 is 0. The highest BCUT2D eigenvalue weighted by molar-refractivity contribution is 5.78. The van der Waals surface area contributed by atoms with Crippen molar-refractivity contribution < 1.29 is 19.2 Å². The SMILES string of the molecule is CCCCCCCCCCCCCCCCCCNC(=O)N1CCCCC1CCON(C=O)CCCN1CCCC1=O. The van der Waals surface area contributed by atoms with Crippen LogP contribution in [0.4, 0.5) is 4.79 Å². The van der Waals surface area contributed by atoms with Gasteiger partial charge in [0.05, 0.1) is 13.2 Å². The zero-order chi connectivity index (χ0) is 30.1. The second kappa shape index (κ2) is 24.6. The number of unbranched alkanes of at least 4 members (excludes halogenated alkanes) is 15. The van der Waals surface area contributed by atoms with Gasteiger partial charge in [0, 0.05) is 38.6 Å². The van der Waals surface area contributed by atoms with Gasteiger partial charge in [-0.05, 0) is 44.9 Å². The van der Waals surface area contributed by atoms with Gasteiger partial charge in [-0.3, -0.25) is 14.4 Å². The smallest absolute Gasteiger partial charge is 0.317 e. The van der Waals surface area contributed by atoms with Gasteiger partial charge in [0.15, 0.2) is 0 Å². The number of rotatable bonds is 26. The average molecular weight is 593 g/mol. The highest BCUT2D eigenvalue weighted by Gasteiger charge is 2.26. The topological polar surface area (TPSA) is 82.2 Å². The molecule has 1 N–H and O–H groups in total. The number of carbonyl (C=O) groups excluding carboxylic acids is 3. The summed E-state index contributed by atoms with van der Waals surface area (Å²) in [4.78, 5) is 45.6. The van der Waals surface area contributed by atoms with E-state index >= 15 is 0 Å². The summed E-state index contributed by atoms with van der Waals surface area (Å²) in [6.45, 7) is 6.19. The number of hydrogen-bond acceptors (Lipinski definition) is 4. The number of nitrogens with zero attached hydrogens (tertiary/aromatic N) is 3. The van der Waals surface area contributed by atoms with Gasteiger partial charge in [0.1, 0.15) is 0 Å². The molecule has 0 aromatic carbocycles. The number of urea groups is 1. The van der Waals surface area contributed by atoms with Gasteiger partial charge in [0.25, 0.3) is 0 Å². The van der Waals surface area contributed by atoms with Crippen LogP contribution in [0.5, 0.6) is 0 Å². The van der Waals surface area contributed by atoms with Crippen molar-refractivity contribution >= 4 is 18.3 Å². The first-order chi connectivity index (χ1) is 20.7. The molecule has 4 amide bonds. The van der Waals surface area contributed by atoms with Crippen LogP contribution in [0.2, 0.25) is 0 Å². The molecule has 2 aliphatic heterocycles. The van der Waals surface area contributed by atoms with E-state index in [1.807, 2.05) is 9.80 Å². The molecule has 2 rings (SSSR count). The van der Waals surface area contributed by atoms with Crippen LogP contribution in [0.3, 0.4) is 0 Å². The number of hydroxylamine groups is 2. The van der Waals surface area contributed by atoms with Crippen molar-refractivity contribution in [3.8, 4) is 0 Å². The largest absolute Gasteiger partial charge is 0.343 e. The van der Waals surface area contributed by atoms with Crippen molar-refractivity contribution in [2.75, 3.05) is 39.3 Å². The maximum atomic E-state index is 12.9. The summed E-state index contributed by atoms with van der Waals surface area (Å²) in [7, 11) is 0. The lowest BCUT2D eigenvalue weighted by Gasteiger charge is -2.36. The van der Waals surface area contributed by atoms with E-state index in [2.05, 4.69) is 12.2 Å². The minimum atomic E-state index is 0.0446. The third-order valence-corrected chi connectivity index (χ3v) is 9.00. The van der Waals surface area contributed by atoms with Gasteiger partial charge in [-0.2, -0.15) is 0 Å². The third-order valence-electron chi connectivity index (χ3n) is 9.00. The Morgan fingerprint density at radius 2 is 1.48 bits per heavy atom. The van der Waals surface area contributed by atoms with Crippen molar-refractivity contribution in [2.24, 2.45) is 0 Å². The maximum absolute atomic E-state index is 12.9. The molecule has 42 heavy (non-hydrogen) atoms. The Balaban J connectivity index is 1.44. The highest BCUT2D eigenvalue weighted by Crippen LogP contribution is 2.20. The van der Waals surface area contributed by atoms with Crippen molar-refractivity contribution in [3.63, 3.8) is 0 Å². The van der Waals surface area contributed by atoms with Gasteiger partial charge in [0.2, 0.25) is 12.3 Å². The number of carbonyl (C=O) groups is 3. The molecule has 0 aromatic heterocycles. The monoisotopic (exact) mass is 592 g/mol. The molecule has 244 valence electrons. The minimum absolute atomic E-state index is 0.0446. The van der Waals surface area contributed by atoms with E-state index in [-0.39, 0.29) is 18.0 Å². The van der Waals surface area contributed by atoms with E-state index in [1.165, 1.54) is 101 Å². The molecular weight excluding hydrogens is 528 g/mol. The normalized spacial score (nSPS) is 17.2. The van der Waals surface area contributed by atoms with Crippen LogP contribution in [0.15, 0.2) is 0 Å². The van der Waals surface area contributed by atoms with Crippen molar-refractivity contribution in [1.82, 2.24) is 20.2 Å². The summed E-state index contributed by atoms with van der Waals surface area (Å²) in [5.74, 6) is 0.207. The number of nitrogens with one attached hydrogen (secondary N) is 1. The molecule has 0 spiro atoms. The molecule has 8 heteroatoms. The predicted molar refractivity (Wildman–Crippen MR) is 171 cm³/mol. The Hall–Kier alpha value is -1.83.